The highest BCUT2D eigenvalue weighted by Gasteiger charge is 2.31. The monoisotopic (exact) mass is 417 g/mol. The molecule has 31 heavy (non-hydrogen) atoms. The third kappa shape index (κ3) is 4.00. The number of rotatable bonds is 6. The summed E-state index contributed by atoms with van der Waals surface area (Å²) in [5.74, 6) is 2.26. The molecule has 2 aliphatic carbocycles. The van der Waals surface area contributed by atoms with Crippen molar-refractivity contribution in [2.75, 3.05) is 7.05 Å². The van der Waals surface area contributed by atoms with Crippen LogP contribution in [0.5, 0.6) is 17.2 Å². The van der Waals surface area contributed by atoms with Crippen LogP contribution in [0.25, 0.3) is 0 Å². The molecule has 0 heterocycles. The second-order valence-corrected chi connectivity index (χ2v) is 8.13. The number of benzene rings is 3. The third-order valence-corrected chi connectivity index (χ3v) is 6.02. The van der Waals surface area contributed by atoms with Crippen LogP contribution in [-0.4, -0.2) is 13.0 Å². The molecule has 1 N–H and O–H groups in total. The minimum absolute atomic E-state index is 0.153. The van der Waals surface area contributed by atoms with Crippen molar-refractivity contribution in [3.63, 3.8) is 0 Å². The van der Waals surface area contributed by atoms with Crippen molar-refractivity contribution >= 4 is 5.91 Å². The summed E-state index contributed by atoms with van der Waals surface area (Å²) in [5.41, 5.74) is 3.32. The molecule has 5 heteroatoms. The zero-order chi connectivity index (χ0) is 21.4. The molecule has 1 amide bonds. The van der Waals surface area contributed by atoms with Crippen molar-refractivity contribution < 1.29 is 18.7 Å². The van der Waals surface area contributed by atoms with Gasteiger partial charge in [-0.05, 0) is 85.7 Å². The van der Waals surface area contributed by atoms with E-state index in [1.54, 1.807) is 37.4 Å². The molecule has 2 aliphatic rings. The molecule has 4 nitrogen and oxygen atoms in total. The first-order valence-corrected chi connectivity index (χ1v) is 10.7. The van der Waals surface area contributed by atoms with Crippen molar-refractivity contribution in [1.82, 2.24) is 5.32 Å². The largest absolute Gasteiger partial charge is 0.486 e. The summed E-state index contributed by atoms with van der Waals surface area (Å²) in [6, 6.07) is 18.2. The van der Waals surface area contributed by atoms with E-state index >= 15 is 0 Å². The van der Waals surface area contributed by atoms with Crippen LogP contribution in [0.4, 0.5) is 4.39 Å². The van der Waals surface area contributed by atoms with Gasteiger partial charge in [0.05, 0.1) is 0 Å². The van der Waals surface area contributed by atoms with Gasteiger partial charge in [0.15, 0.2) is 0 Å². The molecule has 0 radical (unpaired) electrons. The molecule has 158 valence electrons. The summed E-state index contributed by atoms with van der Waals surface area (Å²) in [4.78, 5) is 11.7. The highest BCUT2D eigenvalue weighted by molar-refractivity contribution is 5.94. The Morgan fingerprint density at radius 1 is 0.935 bits per heavy atom. The van der Waals surface area contributed by atoms with E-state index in [1.165, 1.54) is 24.5 Å². The number of fused-ring (bicyclic) bond motifs is 1. The molecule has 0 bridgehead atoms. The van der Waals surface area contributed by atoms with Gasteiger partial charge >= 0.3 is 0 Å². The summed E-state index contributed by atoms with van der Waals surface area (Å²) in [6.45, 7) is 0. The minimum atomic E-state index is -0.332. The lowest BCUT2D eigenvalue weighted by Crippen LogP contribution is -2.17. The van der Waals surface area contributed by atoms with E-state index < -0.39 is 0 Å². The van der Waals surface area contributed by atoms with E-state index in [0.717, 1.165) is 11.3 Å². The number of carbonyl (C=O) groups excluding carboxylic acids is 1. The highest BCUT2D eigenvalue weighted by Crippen LogP contribution is 2.43. The summed E-state index contributed by atoms with van der Waals surface area (Å²) in [7, 11) is 1.59. The fourth-order valence-corrected chi connectivity index (χ4v) is 4.20. The Kier molecular flexibility index (Phi) is 5.10. The van der Waals surface area contributed by atoms with Crippen LogP contribution in [-0.2, 0) is 6.42 Å². The second-order valence-electron chi connectivity index (χ2n) is 8.13. The lowest BCUT2D eigenvalue weighted by atomic mass is 10.1. The van der Waals surface area contributed by atoms with Gasteiger partial charge in [0, 0.05) is 23.7 Å². The molecular weight excluding hydrogens is 393 g/mol. The Morgan fingerprint density at radius 3 is 2.32 bits per heavy atom. The standard InChI is InChI=1S/C26H24FNO3/c1-28-26(29)18-6-10-19(11-7-18)30-23-15-13-22(27)25-21(23)12-14-24(25)31-20-8-4-17(5-9-20)16-2-3-16/h4-11,13,15-16,24H,2-3,12,14H2,1H3,(H,28,29). The fourth-order valence-electron chi connectivity index (χ4n) is 4.20. The average Bonchev–Trinajstić information content (AvgIpc) is 3.56. The molecule has 0 aromatic heterocycles. The molecule has 1 fully saturated rings. The van der Waals surface area contributed by atoms with Gasteiger partial charge in [0.25, 0.3) is 5.91 Å². The molecule has 1 saturated carbocycles. The van der Waals surface area contributed by atoms with E-state index in [1.807, 2.05) is 12.1 Å². The van der Waals surface area contributed by atoms with Crippen LogP contribution in [0, 0.1) is 5.82 Å². The molecule has 0 spiro atoms. The van der Waals surface area contributed by atoms with Gasteiger partial charge in [-0.2, -0.15) is 0 Å². The Hall–Kier alpha value is -3.34. The van der Waals surface area contributed by atoms with Crippen molar-refractivity contribution in [2.45, 2.75) is 37.7 Å². The third-order valence-electron chi connectivity index (χ3n) is 6.02. The summed E-state index contributed by atoms with van der Waals surface area (Å²) < 4.78 is 26.9. The lowest BCUT2D eigenvalue weighted by Gasteiger charge is -2.17. The van der Waals surface area contributed by atoms with E-state index in [2.05, 4.69) is 17.4 Å². The molecule has 3 aromatic rings. The number of hydrogen-bond acceptors (Lipinski definition) is 3. The minimum Gasteiger partial charge on any atom is -0.486 e. The number of hydrogen-bond donors (Lipinski definition) is 1. The number of carbonyl (C=O) groups is 1. The molecule has 1 unspecified atom stereocenters. The molecule has 5 rings (SSSR count). The van der Waals surface area contributed by atoms with Gasteiger partial charge in [0.2, 0.25) is 0 Å². The molecule has 1 atom stereocenters. The number of nitrogens with one attached hydrogen (secondary N) is 1. The van der Waals surface area contributed by atoms with Crippen LogP contribution < -0.4 is 14.8 Å². The fraction of sp³-hybridized carbons (Fsp3) is 0.269. The van der Waals surface area contributed by atoms with Crippen molar-refractivity contribution in [3.05, 3.63) is 88.7 Å². The summed E-state index contributed by atoms with van der Waals surface area (Å²) in [6.07, 6.45) is 3.58. The van der Waals surface area contributed by atoms with Gasteiger partial charge in [-0.25, -0.2) is 4.39 Å². The first-order chi connectivity index (χ1) is 15.1. The lowest BCUT2D eigenvalue weighted by molar-refractivity contribution is 0.0963. The van der Waals surface area contributed by atoms with Gasteiger partial charge in [0.1, 0.15) is 29.2 Å². The first kappa shape index (κ1) is 19.6. The number of ether oxygens (including phenoxy) is 2. The van der Waals surface area contributed by atoms with Crippen LogP contribution in [0.15, 0.2) is 60.7 Å². The predicted octanol–water partition coefficient (Wildman–Crippen LogP) is 5.92. The zero-order valence-corrected chi connectivity index (χ0v) is 17.4. The Morgan fingerprint density at radius 2 is 1.65 bits per heavy atom. The predicted molar refractivity (Wildman–Crippen MR) is 116 cm³/mol. The van der Waals surface area contributed by atoms with Crippen LogP contribution in [0.2, 0.25) is 0 Å². The molecular formula is C26H24FNO3. The Bertz CT molecular complexity index is 1100. The van der Waals surface area contributed by atoms with E-state index in [-0.39, 0.29) is 17.8 Å². The maximum absolute atomic E-state index is 14.7. The van der Waals surface area contributed by atoms with Gasteiger partial charge in [-0.1, -0.05) is 12.1 Å². The van der Waals surface area contributed by atoms with E-state index in [0.29, 0.717) is 41.4 Å². The highest BCUT2D eigenvalue weighted by atomic mass is 19.1. The van der Waals surface area contributed by atoms with Crippen LogP contribution in [0.1, 0.15) is 58.3 Å². The molecule has 0 saturated heterocycles. The van der Waals surface area contributed by atoms with Gasteiger partial charge in [-0.3, -0.25) is 4.79 Å². The topological polar surface area (TPSA) is 47.6 Å². The molecule has 0 aliphatic heterocycles. The smallest absolute Gasteiger partial charge is 0.251 e. The summed E-state index contributed by atoms with van der Waals surface area (Å²) in [5, 5.41) is 2.59. The van der Waals surface area contributed by atoms with Crippen molar-refractivity contribution in [1.29, 1.82) is 0 Å². The van der Waals surface area contributed by atoms with Gasteiger partial charge < -0.3 is 14.8 Å². The van der Waals surface area contributed by atoms with Crippen LogP contribution >= 0.6 is 0 Å². The normalized spacial score (nSPS) is 17.2. The maximum atomic E-state index is 14.7. The Labute approximate surface area is 181 Å². The van der Waals surface area contributed by atoms with Crippen molar-refractivity contribution in [2.24, 2.45) is 0 Å². The number of halogens is 1. The molecule has 3 aromatic carbocycles. The number of amides is 1. The summed E-state index contributed by atoms with van der Waals surface area (Å²) >= 11 is 0. The van der Waals surface area contributed by atoms with Crippen molar-refractivity contribution in [3.8, 4) is 17.2 Å². The second kappa shape index (κ2) is 8.06. The SMILES string of the molecule is CNC(=O)c1ccc(Oc2ccc(F)c3c2CCC3Oc2ccc(C3CC3)cc2)cc1. The zero-order valence-electron chi connectivity index (χ0n) is 17.4. The van der Waals surface area contributed by atoms with Crippen LogP contribution in [0.3, 0.4) is 0 Å². The van der Waals surface area contributed by atoms with E-state index in [4.69, 9.17) is 9.47 Å². The Balaban J connectivity index is 1.35. The van der Waals surface area contributed by atoms with Gasteiger partial charge in [-0.15, -0.1) is 0 Å². The van der Waals surface area contributed by atoms with E-state index in [9.17, 15) is 9.18 Å². The first-order valence-electron chi connectivity index (χ1n) is 10.7. The quantitative estimate of drug-likeness (QED) is 0.541. The average molecular weight is 417 g/mol. The maximum Gasteiger partial charge on any atom is 0.251 e.